The molecule has 0 saturated carbocycles. The van der Waals surface area contributed by atoms with Crippen LogP contribution < -0.4 is 16.4 Å². The highest BCUT2D eigenvalue weighted by molar-refractivity contribution is 5.85. The predicted molar refractivity (Wildman–Crippen MR) is 69.9 cm³/mol. The van der Waals surface area contributed by atoms with Gasteiger partial charge in [-0.3, -0.25) is 9.59 Å². The molecule has 0 radical (unpaired) electrons. The van der Waals surface area contributed by atoms with Crippen LogP contribution in [0.15, 0.2) is 0 Å². The first kappa shape index (κ1) is 14.9. The number of hydrogen-bond acceptors (Lipinski definition) is 4. The van der Waals surface area contributed by atoms with Crippen molar-refractivity contribution in [2.75, 3.05) is 39.8 Å². The lowest BCUT2D eigenvalue weighted by Crippen LogP contribution is -2.40. The molecule has 1 aliphatic rings. The highest BCUT2D eigenvalue weighted by Gasteiger charge is 2.16. The number of hydrogen-bond donors (Lipinski definition) is 3. The van der Waals surface area contributed by atoms with Crippen LogP contribution in [0.4, 0.5) is 0 Å². The number of piperidine rings is 1. The molecule has 0 aromatic heterocycles. The zero-order valence-corrected chi connectivity index (χ0v) is 11.1. The molecule has 0 aromatic rings. The Labute approximate surface area is 108 Å². The second-order valence-corrected chi connectivity index (χ2v) is 4.87. The van der Waals surface area contributed by atoms with Crippen molar-refractivity contribution >= 4 is 11.8 Å². The summed E-state index contributed by atoms with van der Waals surface area (Å²) in [4.78, 5) is 24.6. The molecule has 0 unspecified atom stereocenters. The van der Waals surface area contributed by atoms with Gasteiger partial charge in [-0.2, -0.15) is 0 Å². The second kappa shape index (κ2) is 8.05. The zero-order valence-electron chi connectivity index (χ0n) is 11.1. The molecule has 1 heterocycles. The summed E-state index contributed by atoms with van der Waals surface area (Å²) in [7, 11) is 2.14. The molecule has 0 atom stereocenters. The van der Waals surface area contributed by atoms with Crippen molar-refractivity contribution in [1.29, 1.82) is 0 Å². The molecular formula is C12H24N4O2. The first-order valence-corrected chi connectivity index (χ1v) is 6.54. The molecule has 1 aliphatic heterocycles. The van der Waals surface area contributed by atoms with Crippen molar-refractivity contribution in [2.24, 2.45) is 11.7 Å². The van der Waals surface area contributed by atoms with E-state index >= 15 is 0 Å². The summed E-state index contributed by atoms with van der Waals surface area (Å²) >= 11 is 0. The Morgan fingerprint density at radius 1 is 1.22 bits per heavy atom. The lowest BCUT2D eigenvalue weighted by atomic mass is 9.94. The van der Waals surface area contributed by atoms with Gasteiger partial charge in [-0.1, -0.05) is 0 Å². The van der Waals surface area contributed by atoms with E-state index in [0.717, 1.165) is 19.5 Å². The summed E-state index contributed by atoms with van der Waals surface area (Å²) < 4.78 is 0. The van der Waals surface area contributed by atoms with Crippen molar-refractivity contribution in [3.63, 3.8) is 0 Å². The van der Waals surface area contributed by atoms with Crippen LogP contribution in [0.25, 0.3) is 0 Å². The lowest BCUT2D eigenvalue weighted by Gasteiger charge is -2.28. The Hall–Kier alpha value is -1.14. The van der Waals surface area contributed by atoms with Gasteiger partial charge in [0, 0.05) is 6.54 Å². The molecule has 2 amide bonds. The zero-order chi connectivity index (χ0) is 13.4. The molecule has 6 heteroatoms. The minimum absolute atomic E-state index is 0.0173. The van der Waals surface area contributed by atoms with E-state index in [1.54, 1.807) is 0 Å². The summed E-state index contributed by atoms with van der Waals surface area (Å²) in [5.41, 5.74) is 5.12. The van der Waals surface area contributed by atoms with Crippen LogP contribution >= 0.6 is 0 Å². The fourth-order valence-electron chi connectivity index (χ4n) is 2.08. The molecule has 0 spiro atoms. The lowest BCUT2D eigenvalue weighted by molar-refractivity contribution is -0.125. The van der Waals surface area contributed by atoms with E-state index in [-0.39, 0.29) is 24.9 Å². The van der Waals surface area contributed by atoms with Gasteiger partial charge in [0.05, 0.1) is 13.1 Å². The van der Waals surface area contributed by atoms with Crippen LogP contribution in [0, 0.1) is 5.92 Å². The van der Waals surface area contributed by atoms with Crippen molar-refractivity contribution in [3.8, 4) is 0 Å². The number of nitrogens with one attached hydrogen (secondary N) is 2. The van der Waals surface area contributed by atoms with Gasteiger partial charge in [0.2, 0.25) is 11.8 Å². The third kappa shape index (κ3) is 5.97. The van der Waals surface area contributed by atoms with Gasteiger partial charge in [-0.25, -0.2) is 0 Å². The molecule has 1 rings (SSSR count). The number of likely N-dealkylation sites (tertiary alicyclic amines) is 1. The highest BCUT2D eigenvalue weighted by Crippen LogP contribution is 2.18. The van der Waals surface area contributed by atoms with E-state index in [9.17, 15) is 9.59 Å². The van der Waals surface area contributed by atoms with Gasteiger partial charge >= 0.3 is 0 Å². The molecule has 6 nitrogen and oxygen atoms in total. The maximum Gasteiger partial charge on any atom is 0.239 e. The van der Waals surface area contributed by atoms with Crippen LogP contribution in [-0.2, 0) is 9.59 Å². The Morgan fingerprint density at radius 3 is 2.50 bits per heavy atom. The minimum atomic E-state index is -0.305. The molecule has 1 saturated heterocycles. The third-order valence-electron chi connectivity index (χ3n) is 3.34. The molecule has 0 aromatic carbocycles. The van der Waals surface area contributed by atoms with Gasteiger partial charge in [0.15, 0.2) is 0 Å². The third-order valence-corrected chi connectivity index (χ3v) is 3.34. The standard InChI is InChI=1S/C12H24N4O2/c1-16-6-3-10(4-7-16)2-5-14-12(18)9-15-11(17)8-13/h10H,2-9,13H2,1H3,(H,14,18)(H,15,17). The largest absolute Gasteiger partial charge is 0.355 e. The maximum absolute atomic E-state index is 11.4. The molecular weight excluding hydrogens is 232 g/mol. The van der Waals surface area contributed by atoms with Crippen molar-refractivity contribution in [3.05, 3.63) is 0 Å². The van der Waals surface area contributed by atoms with E-state index < -0.39 is 0 Å². The number of rotatable bonds is 6. The van der Waals surface area contributed by atoms with Gasteiger partial charge in [-0.05, 0) is 45.3 Å². The molecule has 0 bridgehead atoms. The number of nitrogens with two attached hydrogens (primary N) is 1. The number of carbonyl (C=O) groups is 2. The minimum Gasteiger partial charge on any atom is -0.355 e. The predicted octanol–water partition coefficient (Wildman–Crippen LogP) is -1.09. The molecule has 0 aliphatic carbocycles. The number of nitrogens with zero attached hydrogens (tertiary/aromatic N) is 1. The molecule has 104 valence electrons. The first-order valence-electron chi connectivity index (χ1n) is 6.54. The maximum atomic E-state index is 11.4. The van der Waals surface area contributed by atoms with Gasteiger partial charge < -0.3 is 21.3 Å². The fraction of sp³-hybridized carbons (Fsp3) is 0.833. The Bertz CT molecular complexity index is 275. The van der Waals surface area contributed by atoms with Crippen LogP contribution in [-0.4, -0.2) is 56.5 Å². The Kier molecular flexibility index (Phi) is 6.67. The Balaban J connectivity index is 2.03. The summed E-state index contributed by atoms with van der Waals surface area (Å²) in [6, 6.07) is 0. The number of amides is 2. The summed E-state index contributed by atoms with van der Waals surface area (Å²) in [5.74, 6) is 0.255. The molecule has 1 fully saturated rings. The van der Waals surface area contributed by atoms with E-state index in [1.165, 1.54) is 12.8 Å². The van der Waals surface area contributed by atoms with E-state index in [4.69, 9.17) is 5.73 Å². The van der Waals surface area contributed by atoms with Crippen molar-refractivity contribution < 1.29 is 9.59 Å². The van der Waals surface area contributed by atoms with E-state index in [1.807, 2.05) is 0 Å². The monoisotopic (exact) mass is 256 g/mol. The Morgan fingerprint density at radius 2 is 1.89 bits per heavy atom. The average Bonchev–Trinajstić information content (AvgIpc) is 2.38. The van der Waals surface area contributed by atoms with Gasteiger partial charge in [0.25, 0.3) is 0 Å². The number of carbonyl (C=O) groups excluding carboxylic acids is 2. The van der Waals surface area contributed by atoms with E-state index in [2.05, 4.69) is 22.6 Å². The summed E-state index contributed by atoms with van der Waals surface area (Å²) in [6.07, 6.45) is 3.43. The first-order chi connectivity index (χ1) is 8.61. The highest BCUT2D eigenvalue weighted by atomic mass is 16.2. The molecule has 18 heavy (non-hydrogen) atoms. The molecule has 4 N–H and O–H groups in total. The quantitative estimate of drug-likeness (QED) is 0.563. The normalized spacial score (nSPS) is 17.4. The van der Waals surface area contributed by atoms with Crippen LogP contribution in [0.3, 0.4) is 0 Å². The van der Waals surface area contributed by atoms with Gasteiger partial charge in [0.1, 0.15) is 0 Å². The summed E-state index contributed by atoms with van der Waals surface area (Å²) in [5, 5.41) is 5.26. The SMILES string of the molecule is CN1CCC(CCNC(=O)CNC(=O)CN)CC1. The van der Waals surface area contributed by atoms with Gasteiger partial charge in [-0.15, -0.1) is 0 Å². The van der Waals surface area contributed by atoms with Crippen LogP contribution in [0.2, 0.25) is 0 Å². The second-order valence-electron chi connectivity index (χ2n) is 4.87. The van der Waals surface area contributed by atoms with E-state index in [0.29, 0.717) is 12.5 Å². The fourth-order valence-corrected chi connectivity index (χ4v) is 2.08. The van der Waals surface area contributed by atoms with Crippen LogP contribution in [0.5, 0.6) is 0 Å². The van der Waals surface area contributed by atoms with Crippen molar-refractivity contribution in [2.45, 2.75) is 19.3 Å². The van der Waals surface area contributed by atoms with Crippen LogP contribution in [0.1, 0.15) is 19.3 Å². The smallest absolute Gasteiger partial charge is 0.239 e. The average molecular weight is 256 g/mol. The van der Waals surface area contributed by atoms with Crippen molar-refractivity contribution in [1.82, 2.24) is 15.5 Å². The summed E-state index contributed by atoms with van der Waals surface area (Å²) in [6.45, 7) is 2.91. The topological polar surface area (TPSA) is 87.5 Å².